The Morgan fingerprint density at radius 2 is 0.933 bits per heavy atom. The van der Waals surface area contributed by atoms with Gasteiger partial charge in [0.15, 0.2) is 0 Å². The Morgan fingerprint density at radius 1 is 0.533 bits per heavy atom. The van der Waals surface area contributed by atoms with Crippen LogP contribution < -0.4 is 9.47 Å². The number of allylic oxidation sites excluding steroid dienone is 2. The number of rotatable bonds is 8. The zero-order chi connectivity index (χ0) is 41.5. The SMILES string of the molecule is COc1ccc(-c2c(C)ccc3c2C=C(c2occ4ccccc24)[CH]3[Zr]([Cl])([Cl])([CH]2C(c3occ4ccccc34)=Cc3c2ccc(C)c3-c2ccc(OC)cc2)=[Si](C)C)cc1. The van der Waals surface area contributed by atoms with Gasteiger partial charge in [-0.25, -0.2) is 0 Å². The predicted octanol–water partition coefficient (Wildman–Crippen LogP) is 15.3. The molecule has 0 N–H and O–H groups in total. The van der Waals surface area contributed by atoms with Crippen molar-refractivity contribution >= 4 is 67.3 Å². The van der Waals surface area contributed by atoms with E-state index in [1.807, 2.05) is 36.8 Å². The average molecular weight is 923 g/mol. The number of aryl methyl sites for hydroxylation is 2. The van der Waals surface area contributed by atoms with Gasteiger partial charge in [-0.1, -0.05) is 0 Å². The van der Waals surface area contributed by atoms with Crippen LogP contribution in [-0.2, 0) is 15.0 Å². The molecule has 0 bridgehead atoms. The number of halogens is 2. The van der Waals surface area contributed by atoms with Gasteiger partial charge in [0.1, 0.15) is 0 Å². The van der Waals surface area contributed by atoms with Gasteiger partial charge in [0.25, 0.3) is 0 Å². The fourth-order valence-corrected chi connectivity index (χ4v) is 37.7. The van der Waals surface area contributed by atoms with Crippen LogP contribution in [0.3, 0.4) is 0 Å². The second-order valence-corrected chi connectivity index (χ2v) is 55.3. The van der Waals surface area contributed by atoms with Crippen LogP contribution in [0.5, 0.6) is 11.5 Å². The van der Waals surface area contributed by atoms with Crippen molar-refractivity contribution < 1.29 is 33.3 Å². The predicted molar refractivity (Wildman–Crippen MR) is 249 cm³/mol. The van der Waals surface area contributed by atoms with Gasteiger partial charge in [-0.3, -0.25) is 0 Å². The van der Waals surface area contributed by atoms with Gasteiger partial charge in [0, 0.05) is 0 Å². The molecule has 0 amide bonds. The Bertz CT molecular complexity index is 2970. The molecule has 0 fully saturated rings. The van der Waals surface area contributed by atoms with Crippen LogP contribution in [0.15, 0.2) is 143 Å². The van der Waals surface area contributed by atoms with E-state index >= 15 is 0 Å². The first-order chi connectivity index (χ1) is 29.0. The fourth-order valence-electron chi connectivity index (χ4n) is 10.1. The van der Waals surface area contributed by atoms with E-state index in [2.05, 4.69) is 136 Å². The van der Waals surface area contributed by atoms with Crippen molar-refractivity contribution in [2.75, 3.05) is 14.2 Å². The van der Waals surface area contributed by atoms with E-state index in [0.29, 0.717) is 0 Å². The summed E-state index contributed by atoms with van der Waals surface area (Å²) in [6.45, 7) is 9.06. The molecule has 2 aromatic heterocycles. The minimum absolute atomic E-state index is 0.313. The molecule has 8 aromatic rings. The normalized spacial score (nSPS) is 16.1. The molecule has 2 aliphatic carbocycles. The molecule has 0 aliphatic heterocycles. The second kappa shape index (κ2) is 14.7. The van der Waals surface area contributed by atoms with Crippen molar-refractivity contribution in [3.8, 4) is 33.8 Å². The number of fused-ring (bicyclic) bond motifs is 4. The third kappa shape index (κ3) is 5.86. The molecular formula is C52H44Cl2O4SiZr. The Labute approximate surface area is 358 Å². The van der Waals surface area contributed by atoms with Gasteiger partial charge in [-0.2, -0.15) is 0 Å². The van der Waals surface area contributed by atoms with Gasteiger partial charge in [-0.05, 0) is 0 Å². The summed E-state index contributed by atoms with van der Waals surface area (Å²) in [5, 5.41) is 4.18. The van der Waals surface area contributed by atoms with Crippen molar-refractivity contribution in [1.82, 2.24) is 0 Å². The quantitative estimate of drug-likeness (QED) is 0.142. The first-order valence-electron chi connectivity index (χ1n) is 20.3. The molecule has 4 nitrogen and oxygen atoms in total. The van der Waals surface area contributed by atoms with E-state index < -0.39 is 20.4 Å². The monoisotopic (exact) mass is 920 g/mol. The van der Waals surface area contributed by atoms with Gasteiger partial charge >= 0.3 is 362 Å². The van der Waals surface area contributed by atoms with Crippen molar-refractivity contribution in [2.45, 2.75) is 34.2 Å². The maximum atomic E-state index is 9.10. The summed E-state index contributed by atoms with van der Waals surface area (Å²) >= 11 is -5.57. The molecule has 298 valence electrons. The van der Waals surface area contributed by atoms with Gasteiger partial charge in [0.2, 0.25) is 0 Å². The summed E-state index contributed by atoms with van der Waals surface area (Å²) in [5.41, 5.74) is 12.1. The Balaban J connectivity index is 1.30. The second-order valence-electron chi connectivity index (χ2n) is 16.5. The number of methoxy groups -OCH3 is 2. The molecule has 8 heteroatoms. The standard InChI is InChI=1S/2C25H19O2.C2H6Si.2ClH.Zr/c2*1-16-7-8-18-13-20(25-22-6-4-3-5-19(22)15-27-25)14-23(18)24(16)17-9-11-21(26-2)12-10-17;1-3-2;;;/h2*3-15H,1-2H3;1-2H3;2*1H;/q;;;;;+2/p-2. The number of furan rings is 2. The van der Waals surface area contributed by atoms with E-state index in [1.165, 1.54) is 11.1 Å². The molecular weight excluding hydrogens is 879 g/mol. The van der Waals surface area contributed by atoms with Crippen LogP contribution in [0.4, 0.5) is 0 Å². The Kier molecular flexibility index (Phi) is 9.61. The van der Waals surface area contributed by atoms with E-state index in [0.717, 1.165) is 100 Å². The minimum atomic E-state index is -5.57. The number of hydrogen-bond donors (Lipinski definition) is 0. The van der Waals surface area contributed by atoms with Crippen molar-refractivity contribution in [3.05, 3.63) is 179 Å². The van der Waals surface area contributed by atoms with E-state index in [4.69, 9.17) is 35.3 Å². The summed E-state index contributed by atoms with van der Waals surface area (Å²) in [6, 6.07) is 42.5. The Morgan fingerprint density at radius 3 is 1.32 bits per heavy atom. The molecule has 0 radical (unpaired) electrons. The van der Waals surface area contributed by atoms with E-state index in [9.17, 15) is 0 Å². The molecule has 2 unspecified atom stereocenters. The summed E-state index contributed by atoms with van der Waals surface area (Å²) in [5.74, 6) is 3.28. The Hall–Kier alpha value is -4.84. The zero-order valence-corrected chi connectivity index (χ0v) is 39.4. The molecule has 2 heterocycles. The summed E-state index contributed by atoms with van der Waals surface area (Å²) in [7, 11) is 21.6. The summed E-state index contributed by atoms with van der Waals surface area (Å²) < 4.78 is 23.9. The van der Waals surface area contributed by atoms with E-state index in [1.54, 1.807) is 14.2 Å². The molecule has 0 spiro atoms. The van der Waals surface area contributed by atoms with Crippen LogP contribution >= 0.6 is 17.0 Å². The van der Waals surface area contributed by atoms with Crippen molar-refractivity contribution in [2.24, 2.45) is 0 Å². The van der Waals surface area contributed by atoms with Gasteiger partial charge in [0.05, 0.1) is 0 Å². The van der Waals surface area contributed by atoms with Gasteiger partial charge in [-0.15, -0.1) is 0 Å². The van der Waals surface area contributed by atoms with Crippen molar-refractivity contribution in [1.29, 1.82) is 0 Å². The first kappa shape index (κ1) is 39.3. The summed E-state index contributed by atoms with van der Waals surface area (Å²) in [6.07, 6.45) is 8.43. The maximum absolute atomic E-state index is 9.10. The van der Waals surface area contributed by atoms with E-state index in [-0.39, 0.29) is 7.25 Å². The van der Waals surface area contributed by atoms with Crippen LogP contribution in [0.2, 0.25) is 13.1 Å². The molecule has 60 heavy (non-hydrogen) atoms. The van der Waals surface area contributed by atoms with Crippen LogP contribution in [-0.4, -0.2) is 19.7 Å². The fraction of sp³-hybridized carbons (Fsp3) is 0.154. The topological polar surface area (TPSA) is 44.7 Å². The van der Waals surface area contributed by atoms with Crippen LogP contribution in [0, 0.1) is 13.8 Å². The summed E-state index contributed by atoms with van der Waals surface area (Å²) in [4.78, 5) is 0. The molecule has 6 aromatic carbocycles. The molecule has 10 rings (SSSR count). The molecule has 2 aliphatic rings. The van der Waals surface area contributed by atoms with Crippen LogP contribution in [0.25, 0.3) is 67.1 Å². The van der Waals surface area contributed by atoms with Crippen molar-refractivity contribution in [3.63, 3.8) is 0 Å². The van der Waals surface area contributed by atoms with Gasteiger partial charge < -0.3 is 0 Å². The molecule has 0 saturated carbocycles. The third-order valence-electron chi connectivity index (χ3n) is 13.1. The van der Waals surface area contributed by atoms with Crippen LogP contribution in [0.1, 0.15) is 52.2 Å². The molecule has 0 saturated heterocycles. The average Bonchev–Trinajstić information content (AvgIpc) is 4.07. The third-order valence-corrected chi connectivity index (χ3v) is 59.4. The first-order valence-corrected chi connectivity index (χ1v) is 35.7. The number of hydrogen-bond acceptors (Lipinski definition) is 4. The zero-order valence-electron chi connectivity index (χ0n) is 34.4. The number of ether oxygens (including phenoxy) is 2. The number of benzene rings is 6. The molecule has 2 atom stereocenters.